The minimum Gasteiger partial charge on any atom is -0.385 e. The topological polar surface area (TPSA) is 67.4 Å². The van der Waals surface area contributed by atoms with Crippen LogP contribution < -0.4 is 10.6 Å². The van der Waals surface area contributed by atoms with Crippen LogP contribution in [-0.2, 0) is 14.2 Å². The maximum absolute atomic E-state index is 5.92. The Kier molecular flexibility index (Phi) is 15.4. The molecule has 0 bridgehead atoms. The molecule has 0 atom stereocenters. The van der Waals surface area contributed by atoms with Crippen molar-refractivity contribution in [2.75, 3.05) is 66.3 Å². The van der Waals surface area contributed by atoms with Gasteiger partial charge in [0.15, 0.2) is 5.96 Å². The lowest BCUT2D eigenvalue weighted by molar-refractivity contribution is -0.0318. The van der Waals surface area contributed by atoms with Gasteiger partial charge in [-0.15, -0.1) is 24.0 Å². The van der Waals surface area contributed by atoms with Gasteiger partial charge in [0.05, 0.1) is 6.10 Å². The number of piperidine rings is 1. The minimum atomic E-state index is 0. The Morgan fingerprint density at radius 1 is 1.11 bits per heavy atom. The van der Waals surface area contributed by atoms with E-state index in [4.69, 9.17) is 19.2 Å². The Hall–Kier alpha value is -0.160. The molecule has 0 aromatic carbocycles. The van der Waals surface area contributed by atoms with E-state index in [0.29, 0.717) is 12.1 Å². The van der Waals surface area contributed by atoms with Crippen LogP contribution in [0.5, 0.6) is 0 Å². The van der Waals surface area contributed by atoms with Gasteiger partial charge in [0, 0.05) is 72.3 Å². The van der Waals surface area contributed by atoms with Crippen LogP contribution in [0.3, 0.4) is 0 Å². The first-order valence-electron chi connectivity index (χ1n) is 10.8. The number of aliphatic imine (C=N–C) groups is 1. The normalized spacial score (nSPS) is 20.0. The first-order chi connectivity index (χ1) is 13.3. The third kappa shape index (κ3) is 11.1. The van der Waals surface area contributed by atoms with E-state index < -0.39 is 0 Å². The van der Waals surface area contributed by atoms with Gasteiger partial charge < -0.3 is 29.7 Å². The van der Waals surface area contributed by atoms with Crippen LogP contribution in [-0.4, -0.2) is 89.3 Å². The van der Waals surface area contributed by atoms with E-state index in [1.165, 1.54) is 12.8 Å². The van der Waals surface area contributed by atoms with Crippen molar-refractivity contribution in [2.24, 2.45) is 4.99 Å². The van der Waals surface area contributed by atoms with Crippen LogP contribution in [0.15, 0.2) is 4.99 Å². The Balaban J connectivity index is 0.00000392. The molecule has 28 heavy (non-hydrogen) atoms. The predicted octanol–water partition coefficient (Wildman–Crippen LogP) is 2.25. The summed E-state index contributed by atoms with van der Waals surface area (Å²) in [6.07, 6.45) is 6.85. The minimum absolute atomic E-state index is 0. The first-order valence-corrected chi connectivity index (χ1v) is 10.8. The monoisotopic (exact) mass is 512 g/mol. The third-order valence-electron chi connectivity index (χ3n) is 5.19. The van der Waals surface area contributed by atoms with Crippen molar-refractivity contribution >= 4 is 29.9 Å². The molecule has 0 saturated carbocycles. The first kappa shape index (κ1) is 25.9. The van der Waals surface area contributed by atoms with Crippen LogP contribution in [0.2, 0.25) is 0 Å². The van der Waals surface area contributed by atoms with Gasteiger partial charge in [-0.25, -0.2) is 0 Å². The summed E-state index contributed by atoms with van der Waals surface area (Å²) < 4.78 is 16.4. The molecule has 0 aromatic rings. The molecule has 2 aliphatic heterocycles. The maximum Gasteiger partial charge on any atom is 0.191 e. The van der Waals surface area contributed by atoms with Gasteiger partial charge in [-0.3, -0.25) is 4.99 Å². The van der Waals surface area contributed by atoms with E-state index in [0.717, 1.165) is 90.8 Å². The van der Waals surface area contributed by atoms with Gasteiger partial charge >= 0.3 is 0 Å². The van der Waals surface area contributed by atoms with Crippen molar-refractivity contribution < 1.29 is 14.2 Å². The Morgan fingerprint density at radius 3 is 2.54 bits per heavy atom. The van der Waals surface area contributed by atoms with Crippen LogP contribution in [0.4, 0.5) is 0 Å². The van der Waals surface area contributed by atoms with Crippen LogP contribution >= 0.6 is 24.0 Å². The van der Waals surface area contributed by atoms with Gasteiger partial charge in [0.2, 0.25) is 0 Å². The average molecular weight is 512 g/mol. The van der Waals surface area contributed by atoms with Gasteiger partial charge in [-0.2, -0.15) is 0 Å². The molecule has 2 aliphatic rings. The molecule has 7 nitrogen and oxygen atoms in total. The van der Waals surface area contributed by atoms with E-state index >= 15 is 0 Å². The Morgan fingerprint density at radius 2 is 1.86 bits per heavy atom. The third-order valence-corrected chi connectivity index (χ3v) is 5.19. The lowest BCUT2D eigenvalue weighted by Gasteiger charge is -2.33. The summed E-state index contributed by atoms with van der Waals surface area (Å²) in [5.41, 5.74) is 0. The highest BCUT2D eigenvalue weighted by molar-refractivity contribution is 14.0. The molecule has 0 aliphatic carbocycles. The van der Waals surface area contributed by atoms with Gasteiger partial charge in [-0.1, -0.05) is 0 Å². The molecule has 166 valence electrons. The van der Waals surface area contributed by atoms with E-state index in [1.54, 1.807) is 7.11 Å². The largest absolute Gasteiger partial charge is 0.385 e. The van der Waals surface area contributed by atoms with E-state index in [-0.39, 0.29) is 24.0 Å². The molecular weight excluding hydrogens is 471 g/mol. The molecule has 0 aromatic heterocycles. The second-order valence-corrected chi connectivity index (χ2v) is 7.40. The number of nitrogens with zero attached hydrogens (tertiary/aromatic N) is 2. The van der Waals surface area contributed by atoms with E-state index in [2.05, 4.69) is 22.5 Å². The average Bonchev–Trinajstić information content (AvgIpc) is 2.70. The number of guanidine groups is 1. The number of hydrogen-bond donors (Lipinski definition) is 2. The number of likely N-dealkylation sites (tertiary alicyclic amines) is 1. The summed E-state index contributed by atoms with van der Waals surface area (Å²) in [5.74, 6) is 0.946. The fourth-order valence-electron chi connectivity index (χ4n) is 3.59. The molecule has 2 fully saturated rings. The molecule has 2 rings (SSSR count). The summed E-state index contributed by atoms with van der Waals surface area (Å²) in [5, 5.41) is 6.99. The SMILES string of the molecule is CCNC(=NCCCOC1CCOCC1)NC1CCN(CCCOC)CC1.I. The van der Waals surface area contributed by atoms with Crippen molar-refractivity contribution in [3.05, 3.63) is 0 Å². The van der Waals surface area contributed by atoms with Gasteiger partial charge in [0.1, 0.15) is 0 Å². The Bertz CT molecular complexity index is 401. The molecule has 8 heteroatoms. The standard InChI is InChI=1S/C20H40N4O3.HI/c1-3-21-20(22-10-4-15-27-19-8-16-26-17-9-19)23-18-6-12-24(13-7-18)11-5-14-25-2;/h18-19H,3-17H2,1-2H3,(H2,21,22,23);1H. The fourth-order valence-corrected chi connectivity index (χ4v) is 3.59. The predicted molar refractivity (Wildman–Crippen MR) is 125 cm³/mol. The molecular formula is C20H41IN4O3. The zero-order valence-electron chi connectivity index (χ0n) is 17.8. The van der Waals surface area contributed by atoms with Crippen molar-refractivity contribution in [3.8, 4) is 0 Å². The lowest BCUT2D eigenvalue weighted by atomic mass is 10.1. The second-order valence-electron chi connectivity index (χ2n) is 7.40. The van der Waals surface area contributed by atoms with Crippen LogP contribution in [0.1, 0.15) is 45.4 Å². The molecule has 0 unspecified atom stereocenters. The summed E-state index contributed by atoms with van der Waals surface area (Å²) in [7, 11) is 1.77. The van der Waals surface area contributed by atoms with Crippen molar-refractivity contribution in [1.82, 2.24) is 15.5 Å². The molecule has 2 heterocycles. The second kappa shape index (κ2) is 16.6. The van der Waals surface area contributed by atoms with E-state index in [9.17, 15) is 0 Å². The molecule has 0 amide bonds. The smallest absolute Gasteiger partial charge is 0.191 e. The number of methoxy groups -OCH3 is 1. The number of hydrogen-bond acceptors (Lipinski definition) is 5. The van der Waals surface area contributed by atoms with Crippen molar-refractivity contribution in [2.45, 2.75) is 57.6 Å². The lowest BCUT2D eigenvalue weighted by Crippen LogP contribution is -2.48. The van der Waals surface area contributed by atoms with Crippen molar-refractivity contribution in [1.29, 1.82) is 0 Å². The number of ether oxygens (including phenoxy) is 3. The zero-order valence-corrected chi connectivity index (χ0v) is 20.1. The van der Waals surface area contributed by atoms with E-state index in [1.807, 2.05) is 0 Å². The number of halogens is 1. The number of rotatable bonds is 11. The summed E-state index contributed by atoms with van der Waals surface area (Å²) in [6, 6.07) is 0.514. The highest BCUT2D eigenvalue weighted by Gasteiger charge is 2.19. The summed E-state index contributed by atoms with van der Waals surface area (Å²) in [6.45, 7) is 10.6. The summed E-state index contributed by atoms with van der Waals surface area (Å²) in [4.78, 5) is 7.27. The number of nitrogens with one attached hydrogen (secondary N) is 2. The quantitative estimate of drug-likeness (QED) is 0.192. The highest BCUT2D eigenvalue weighted by Crippen LogP contribution is 2.11. The highest BCUT2D eigenvalue weighted by atomic mass is 127. The molecule has 2 saturated heterocycles. The molecule has 2 N–H and O–H groups in total. The van der Waals surface area contributed by atoms with Crippen molar-refractivity contribution in [3.63, 3.8) is 0 Å². The zero-order chi connectivity index (χ0) is 19.2. The fraction of sp³-hybridized carbons (Fsp3) is 0.950. The Labute approximate surface area is 188 Å². The molecule has 0 spiro atoms. The maximum atomic E-state index is 5.92. The molecule has 0 radical (unpaired) electrons. The van der Waals surface area contributed by atoms with Crippen LogP contribution in [0, 0.1) is 0 Å². The van der Waals surface area contributed by atoms with Gasteiger partial charge in [-0.05, 0) is 45.4 Å². The summed E-state index contributed by atoms with van der Waals surface area (Å²) >= 11 is 0. The van der Waals surface area contributed by atoms with Gasteiger partial charge in [0.25, 0.3) is 0 Å². The van der Waals surface area contributed by atoms with Crippen LogP contribution in [0.25, 0.3) is 0 Å².